The Labute approximate surface area is 145 Å². The van der Waals surface area contributed by atoms with Gasteiger partial charge in [-0.3, -0.25) is 9.59 Å². The van der Waals surface area contributed by atoms with Crippen LogP contribution >= 0.6 is 0 Å². The first-order valence-electron chi connectivity index (χ1n) is 8.91. The summed E-state index contributed by atoms with van der Waals surface area (Å²) in [5.74, 6) is 0.0630. The largest absolute Gasteiger partial charge is 0.353 e. The number of nitrogens with one attached hydrogen (secondary N) is 1. The Bertz CT molecular complexity index is 568. The van der Waals surface area contributed by atoms with E-state index in [2.05, 4.69) is 50.4 Å². The predicted octanol–water partition coefficient (Wildman–Crippen LogP) is 3.12. The van der Waals surface area contributed by atoms with Crippen molar-refractivity contribution in [2.45, 2.75) is 58.4 Å². The number of piperidine rings is 1. The summed E-state index contributed by atoms with van der Waals surface area (Å²) < 4.78 is 0. The highest BCUT2D eigenvalue weighted by atomic mass is 16.2. The van der Waals surface area contributed by atoms with Crippen LogP contribution in [0, 0.1) is 5.92 Å². The van der Waals surface area contributed by atoms with Gasteiger partial charge in [-0.15, -0.1) is 0 Å². The van der Waals surface area contributed by atoms with Crippen LogP contribution < -0.4 is 5.32 Å². The molecule has 0 unspecified atom stereocenters. The molecule has 1 aromatic carbocycles. The molecule has 24 heavy (non-hydrogen) atoms. The lowest BCUT2D eigenvalue weighted by Crippen LogP contribution is -2.47. The van der Waals surface area contributed by atoms with Gasteiger partial charge in [0.25, 0.3) is 0 Å². The fourth-order valence-corrected chi connectivity index (χ4v) is 3.66. The van der Waals surface area contributed by atoms with Gasteiger partial charge in [0.15, 0.2) is 0 Å². The second kappa shape index (κ2) is 7.82. The Morgan fingerprint density at radius 1 is 1.29 bits per heavy atom. The van der Waals surface area contributed by atoms with Crippen molar-refractivity contribution >= 4 is 11.8 Å². The van der Waals surface area contributed by atoms with Crippen molar-refractivity contribution in [1.29, 1.82) is 0 Å². The number of hydrogen-bond donors (Lipinski definition) is 1. The zero-order valence-corrected chi connectivity index (χ0v) is 15.3. The minimum atomic E-state index is -0.0788. The summed E-state index contributed by atoms with van der Waals surface area (Å²) in [6.07, 6.45) is 2.65. The first-order chi connectivity index (χ1) is 11.3. The number of carbonyl (C=O) groups is 2. The molecule has 1 aliphatic rings. The van der Waals surface area contributed by atoms with Gasteiger partial charge in [0, 0.05) is 26.1 Å². The molecule has 1 aliphatic heterocycles. The third kappa shape index (κ3) is 4.83. The number of amides is 2. The molecule has 0 saturated carbocycles. The third-order valence-electron chi connectivity index (χ3n) is 5.00. The zero-order valence-electron chi connectivity index (χ0n) is 15.3. The number of carbonyl (C=O) groups excluding carboxylic acids is 2. The average molecular weight is 330 g/mol. The van der Waals surface area contributed by atoms with Gasteiger partial charge in [-0.05, 0) is 37.2 Å². The molecule has 2 atom stereocenters. The predicted molar refractivity (Wildman–Crippen MR) is 96.7 cm³/mol. The number of benzene rings is 1. The monoisotopic (exact) mass is 330 g/mol. The molecule has 0 spiro atoms. The Balaban J connectivity index is 1.90. The van der Waals surface area contributed by atoms with Gasteiger partial charge in [-0.1, -0.05) is 44.2 Å². The maximum absolute atomic E-state index is 12.5. The van der Waals surface area contributed by atoms with Gasteiger partial charge in [-0.25, -0.2) is 0 Å². The standard InChI is InChI=1S/C20H30N2O2/c1-15(13-20(3,4)18-10-6-5-7-11-18)21-19(24)17-9-8-12-22(14-17)16(2)23/h5-7,10-11,15,17H,8-9,12-14H2,1-4H3,(H,21,24)/t15-,17+/m1/s1. The molecule has 4 heteroatoms. The Kier molecular flexibility index (Phi) is 6.03. The summed E-state index contributed by atoms with van der Waals surface area (Å²) in [5.41, 5.74) is 1.29. The molecule has 1 saturated heterocycles. The summed E-state index contributed by atoms with van der Waals surface area (Å²) in [6.45, 7) is 9.39. The van der Waals surface area contributed by atoms with E-state index in [-0.39, 0.29) is 29.2 Å². The van der Waals surface area contributed by atoms with E-state index in [1.54, 1.807) is 11.8 Å². The van der Waals surface area contributed by atoms with E-state index in [1.165, 1.54) is 5.56 Å². The SMILES string of the molecule is CC(=O)N1CCC[C@H](C(=O)N[C@H](C)CC(C)(C)c2ccccc2)C1. The minimum absolute atomic E-state index is 0.00589. The molecule has 0 bridgehead atoms. The highest BCUT2D eigenvalue weighted by molar-refractivity contribution is 5.80. The average Bonchev–Trinajstić information content (AvgIpc) is 2.55. The van der Waals surface area contributed by atoms with Gasteiger partial charge in [-0.2, -0.15) is 0 Å². The Morgan fingerprint density at radius 2 is 1.96 bits per heavy atom. The van der Waals surface area contributed by atoms with Crippen LogP contribution in [0.2, 0.25) is 0 Å². The van der Waals surface area contributed by atoms with Crippen molar-refractivity contribution in [3.63, 3.8) is 0 Å². The second-order valence-electron chi connectivity index (χ2n) is 7.67. The quantitative estimate of drug-likeness (QED) is 0.902. The van der Waals surface area contributed by atoms with E-state index in [4.69, 9.17) is 0 Å². The van der Waals surface area contributed by atoms with E-state index >= 15 is 0 Å². The maximum atomic E-state index is 12.5. The van der Waals surface area contributed by atoms with Crippen molar-refractivity contribution in [3.8, 4) is 0 Å². The molecule has 0 radical (unpaired) electrons. The Hall–Kier alpha value is -1.84. The normalized spacial score (nSPS) is 19.7. The van der Waals surface area contributed by atoms with E-state index in [9.17, 15) is 9.59 Å². The molecule has 1 aromatic rings. The van der Waals surface area contributed by atoms with Crippen molar-refractivity contribution in [3.05, 3.63) is 35.9 Å². The van der Waals surface area contributed by atoms with Gasteiger partial charge in [0.05, 0.1) is 5.92 Å². The molecule has 1 heterocycles. The summed E-state index contributed by atoms with van der Waals surface area (Å²) in [6, 6.07) is 10.5. The molecule has 1 N–H and O–H groups in total. The molecule has 0 aliphatic carbocycles. The Morgan fingerprint density at radius 3 is 2.58 bits per heavy atom. The van der Waals surface area contributed by atoms with E-state index < -0.39 is 0 Å². The molecule has 0 aromatic heterocycles. The lowest BCUT2D eigenvalue weighted by molar-refractivity contribution is -0.134. The number of hydrogen-bond acceptors (Lipinski definition) is 2. The van der Waals surface area contributed by atoms with Gasteiger partial charge < -0.3 is 10.2 Å². The van der Waals surface area contributed by atoms with Crippen LogP contribution in [0.25, 0.3) is 0 Å². The maximum Gasteiger partial charge on any atom is 0.225 e. The first kappa shape index (κ1) is 18.5. The lowest BCUT2D eigenvalue weighted by atomic mass is 9.79. The molecule has 132 valence electrons. The third-order valence-corrected chi connectivity index (χ3v) is 5.00. The van der Waals surface area contributed by atoms with Crippen LogP contribution in [-0.2, 0) is 15.0 Å². The molecular formula is C20H30N2O2. The molecule has 2 amide bonds. The highest BCUT2D eigenvalue weighted by Crippen LogP contribution is 2.28. The van der Waals surface area contributed by atoms with Gasteiger partial charge >= 0.3 is 0 Å². The van der Waals surface area contributed by atoms with Gasteiger partial charge in [0.2, 0.25) is 11.8 Å². The second-order valence-corrected chi connectivity index (χ2v) is 7.67. The molecular weight excluding hydrogens is 300 g/mol. The summed E-state index contributed by atoms with van der Waals surface area (Å²) in [5, 5.41) is 3.16. The summed E-state index contributed by atoms with van der Waals surface area (Å²) in [7, 11) is 0. The van der Waals surface area contributed by atoms with Crippen LogP contribution in [-0.4, -0.2) is 35.8 Å². The summed E-state index contributed by atoms with van der Waals surface area (Å²) in [4.78, 5) is 25.9. The van der Waals surface area contributed by atoms with E-state index in [1.807, 2.05) is 6.07 Å². The van der Waals surface area contributed by atoms with Gasteiger partial charge in [0.1, 0.15) is 0 Å². The van der Waals surface area contributed by atoms with Crippen molar-refractivity contribution in [2.24, 2.45) is 5.92 Å². The fraction of sp³-hybridized carbons (Fsp3) is 0.600. The number of likely N-dealkylation sites (tertiary alicyclic amines) is 1. The van der Waals surface area contributed by atoms with Crippen LogP contribution in [0.15, 0.2) is 30.3 Å². The molecule has 1 fully saturated rings. The van der Waals surface area contributed by atoms with Crippen LogP contribution in [0.5, 0.6) is 0 Å². The lowest BCUT2D eigenvalue weighted by Gasteiger charge is -2.33. The fourth-order valence-electron chi connectivity index (χ4n) is 3.66. The smallest absolute Gasteiger partial charge is 0.225 e. The van der Waals surface area contributed by atoms with Crippen molar-refractivity contribution < 1.29 is 9.59 Å². The van der Waals surface area contributed by atoms with Crippen LogP contribution in [0.3, 0.4) is 0 Å². The van der Waals surface area contributed by atoms with E-state index in [0.717, 1.165) is 25.8 Å². The zero-order chi connectivity index (χ0) is 17.7. The number of nitrogens with zero attached hydrogens (tertiary/aromatic N) is 1. The first-order valence-corrected chi connectivity index (χ1v) is 8.91. The minimum Gasteiger partial charge on any atom is -0.353 e. The number of rotatable bonds is 5. The topological polar surface area (TPSA) is 49.4 Å². The van der Waals surface area contributed by atoms with Crippen molar-refractivity contribution in [2.75, 3.05) is 13.1 Å². The molecule has 2 rings (SSSR count). The van der Waals surface area contributed by atoms with E-state index in [0.29, 0.717) is 6.54 Å². The summed E-state index contributed by atoms with van der Waals surface area (Å²) >= 11 is 0. The highest BCUT2D eigenvalue weighted by Gasteiger charge is 2.29. The van der Waals surface area contributed by atoms with Crippen LogP contribution in [0.4, 0.5) is 0 Å². The van der Waals surface area contributed by atoms with Crippen LogP contribution in [0.1, 0.15) is 52.5 Å². The molecule has 4 nitrogen and oxygen atoms in total. The van der Waals surface area contributed by atoms with Crippen molar-refractivity contribution in [1.82, 2.24) is 10.2 Å².